The fraction of sp³-hybridized carbons (Fsp3) is 0.304. The van der Waals surface area contributed by atoms with Crippen LogP contribution in [0.5, 0.6) is 5.75 Å². The number of nitro benzene ring substituents is 1. The predicted octanol–water partition coefficient (Wildman–Crippen LogP) is 5.17. The molecule has 1 heterocycles. The summed E-state index contributed by atoms with van der Waals surface area (Å²) in [5.74, 6) is -0.596. The highest BCUT2D eigenvalue weighted by molar-refractivity contribution is 9.10. The average Bonchev–Trinajstić information content (AvgIpc) is 2.76. The Morgan fingerprint density at radius 1 is 1.20 bits per heavy atom. The second-order valence-corrected chi connectivity index (χ2v) is 9.91. The number of benzene rings is 2. The quantitative estimate of drug-likeness (QED) is 0.149. The molecule has 0 radical (unpaired) electrons. The number of carbonyl (C=O) groups excluding carboxylic acids is 1. The van der Waals surface area contributed by atoms with Crippen molar-refractivity contribution in [2.75, 3.05) is 6.61 Å². The van der Waals surface area contributed by atoms with Gasteiger partial charge in [-0.1, -0.05) is 45.7 Å². The molecule has 2 aromatic carbocycles. The van der Waals surface area contributed by atoms with Crippen molar-refractivity contribution in [3.05, 3.63) is 71.1 Å². The minimum atomic E-state index is -0.678. The molecule has 1 aromatic heterocycles. The number of carbonyl (C=O) groups is 1. The van der Waals surface area contributed by atoms with Crippen LogP contribution in [0, 0.1) is 10.1 Å². The van der Waals surface area contributed by atoms with Gasteiger partial charge in [0.05, 0.1) is 28.1 Å². The van der Waals surface area contributed by atoms with Crippen molar-refractivity contribution in [3.8, 4) is 5.75 Å². The highest BCUT2D eigenvalue weighted by Gasteiger charge is 2.22. The van der Waals surface area contributed by atoms with E-state index in [0.29, 0.717) is 25.7 Å². The summed E-state index contributed by atoms with van der Waals surface area (Å²) in [5, 5.41) is 16.3. The minimum Gasteiger partial charge on any atom is -0.474 e. The van der Waals surface area contributed by atoms with Crippen molar-refractivity contribution in [2.45, 2.75) is 39.7 Å². The third kappa shape index (κ3) is 6.31. The van der Waals surface area contributed by atoms with Crippen LogP contribution in [-0.4, -0.2) is 39.5 Å². The van der Waals surface area contributed by atoms with Crippen molar-refractivity contribution in [2.24, 2.45) is 5.10 Å². The zero-order chi connectivity index (χ0) is 25.9. The summed E-state index contributed by atoms with van der Waals surface area (Å²) in [6.07, 6.45) is 0.897. The molecule has 0 aliphatic rings. The first-order valence-corrected chi connectivity index (χ1v) is 12.1. The Hall–Kier alpha value is -3.12. The number of halogens is 2. The van der Waals surface area contributed by atoms with Gasteiger partial charge >= 0.3 is 11.7 Å². The van der Waals surface area contributed by atoms with E-state index < -0.39 is 23.1 Å². The SMILES string of the molecule is CC(C)OC(=O)COc1c(C=Nn2c(C(C)C)nc3ccc(Br)cc3c2=O)cc(Br)cc1[N+](=O)[O-]. The van der Waals surface area contributed by atoms with Gasteiger partial charge in [-0.15, -0.1) is 0 Å². The van der Waals surface area contributed by atoms with Crippen LogP contribution in [-0.2, 0) is 9.53 Å². The first-order valence-electron chi connectivity index (χ1n) is 10.5. The summed E-state index contributed by atoms with van der Waals surface area (Å²) in [5.41, 5.74) is -0.0719. The molecular weight excluding hydrogens is 588 g/mol. The Morgan fingerprint density at radius 2 is 1.91 bits per heavy atom. The number of ether oxygens (including phenoxy) is 2. The van der Waals surface area contributed by atoms with Crippen molar-refractivity contribution in [1.82, 2.24) is 9.66 Å². The standard InChI is InChI=1S/C23H22Br2N4O6/c1-12(2)22-27-18-6-5-15(24)8-17(18)23(31)28(22)26-10-14-7-16(25)9-19(29(32)33)21(14)34-11-20(30)35-13(3)4/h5-10,12-13H,11H2,1-4H3. The lowest BCUT2D eigenvalue weighted by atomic mass is 10.2. The summed E-state index contributed by atoms with van der Waals surface area (Å²) >= 11 is 6.61. The van der Waals surface area contributed by atoms with Gasteiger partial charge in [-0.25, -0.2) is 9.78 Å². The molecule has 35 heavy (non-hydrogen) atoms. The summed E-state index contributed by atoms with van der Waals surface area (Å²) in [6.45, 7) is 6.56. The molecule has 10 nitrogen and oxygen atoms in total. The maximum absolute atomic E-state index is 13.3. The van der Waals surface area contributed by atoms with Gasteiger partial charge in [0.25, 0.3) is 5.56 Å². The lowest BCUT2D eigenvalue weighted by molar-refractivity contribution is -0.385. The molecule has 184 valence electrons. The van der Waals surface area contributed by atoms with Gasteiger partial charge in [0.15, 0.2) is 6.61 Å². The van der Waals surface area contributed by atoms with Crippen LogP contribution in [0.4, 0.5) is 5.69 Å². The van der Waals surface area contributed by atoms with E-state index in [1.165, 1.54) is 18.3 Å². The third-order valence-corrected chi connectivity index (χ3v) is 5.57. The molecule has 0 spiro atoms. The van der Waals surface area contributed by atoms with Crippen LogP contribution in [0.2, 0.25) is 0 Å². The number of nitro groups is 1. The molecule has 0 aliphatic heterocycles. The summed E-state index contributed by atoms with van der Waals surface area (Å²) in [6, 6.07) is 7.97. The lowest BCUT2D eigenvalue weighted by Crippen LogP contribution is -2.23. The number of hydrogen-bond donors (Lipinski definition) is 0. The fourth-order valence-corrected chi connectivity index (χ4v) is 4.01. The van der Waals surface area contributed by atoms with Crippen LogP contribution in [0.25, 0.3) is 10.9 Å². The zero-order valence-electron chi connectivity index (χ0n) is 19.3. The van der Waals surface area contributed by atoms with E-state index in [4.69, 9.17) is 9.47 Å². The second-order valence-electron chi connectivity index (χ2n) is 8.08. The maximum atomic E-state index is 13.3. The number of fused-ring (bicyclic) bond motifs is 1. The monoisotopic (exact) mass is 608 g/mol. The summed E-state index contributed by atoms with van der Waals surface area (Å²) in [4.78, 5) is 40.8. The van der Waals surface area contributed by atoms with Gasteiger partial charge in [-0.05, 0) is 38.1 Å². The Balaban J connectivity index is 2.13. The first kappa shape index (κ1) is 26.5. The van der Waals surface area contributed by atoms with Crippen LogP contribution in [0.1, 0.15) is 45.0 Å². The minimum absolute atomic E-state index is 0.147. The normalized spacial score (nSPS) is 11.5. The van der Waals surface area contributed by atoms with E-state index in [0.717, 1.165) is 4.68 Å². The number of rotatable bonds is 8. The molecule has 0 bridgehead atoms. The fourth-order valence-electron chi connectivity index (χ4n) is 3.19. The Bertz CT molecular complexity index is 1380. The van der Waals surface area contributed by atoms with Gasteiger partial charge < -0.3 is 9.47 Å². The van der Waals surface area contributed by atoms with E-state index in [2.05, 4.69) is 41.9 Å². The lowest BCUT2D eigenvalue weighted by Gasteiger charge is -2.13. The van der Waals surface area contributed by atoms with E-state index in [1.807, 2.05) is 13.8 Å². The molecule has 0 saturated heterocycles. The summed E-state index contributed by atoms with van der Waals surface area (Å²) in [7, 11) is 0. The smallest absolute Gasteiger partial charge is 0.344 e. The van der Waals surface area contributed by atoms with E-state index in [-0.39, 0.29) is 29.0 Å². The first-order chi connectivity index (χ1) is 16.5. The molecule has 0 aliphatic carbocycles. The molecule has 0 atom stereocenters. The third-order valence-electron chi connectivity index (χ3n) is 4.62. The predicted molar refractivity (Wildman–Crippen MR) is 138 cm³/mol. The molecule has 12 heteroatoms. The Labute approximate surface area is 217 Å². The van der Waals surface area contributed by atoms with Crippen molar-refractivity contribution < 1.29 is 19.2 Å². The van der Waals surface area contributed by atoms with Crippen LogP contribution in [0.3, 0.4) is 0 Å². The molecule has 0 N–H and O–H groups in total. The number of aromatic nitrogens is 2. The van der Waals surface area contributed by atoms with Gasteiger partial charge in [0.1, 0.15) is 5.82 Å². The van der Waals surface area contributed by atoms with E-state index in [1.54, 1.807) is 32.0 Å². The summed E-state index contributed by atoms with van der Waals surface area (Å²) < 4.78 is 12.8. The molecule has 3 rings (SSSR count). The molecule has 0 unspecified atom stereocenters. The molecule has 0 fully saturated rings. The van der Waals surface area contributed by atoms with Gasteiger partial charge in [0, 0.05) is 26.5 Å². The number of esters is 1. The van der Waals surface area contributed by atoms with Crippen molar-refractivity contribution >= 4 is 60.6 Å². The molecule has 0 saturated carbocycles. The topological polar surface area (TPSA) is 126 Å². The van der Waals surface area contributed by atoms with E-state index in [9.17, 15) is 19.7 Å². The van der Waals surface area contributed by atoms with Gasteiger partial charge in [-0.2, -0.15) is 9.78 Å². The molecular formula is C23H22Br2N4O6. The Morgan fingerprint density at radius 3 is 2.54 bits per heavy atom. The average molecular weight is 610 g/mol. The molecule has 3 aromatic rings. The van der Waals surface area contributed by atoms with Crippen LogP contribution >= 0.6 is 31.9 Å². The highest BCUT2D eigenvalue weighted by atomic mass is 79.9. The van der Waals surface area contributed by atoms with Gasteiger partial charge in [0.2, 0.25) is 5.75 Å². The second kappa shape index (κ2) is 11.1. The van der Waals surface area contributed by atoms with Gasteiger partial charge in [-0.3, -0.25) is 14.9 Å². The number of hydrogen-bond acceptors (Lipinski definition) is 8. The number of nitrogens with zero attached hydrogens (tertiary/aromatic N) is 4. The van der Waals surface area contributed by atoms with Crippen LogP contribution < -0.4 is 10.3 Å². The van der Waals surface area contributed by atoms with E-state index >= 15 is 0 Å². The largest absolute Gasteiger partial charge is 0.474 e. The van der Waals surface area contributed by atoms with Crippen molar-refractivity contribution in [3.63, 3.8) is 0 Å². The zero-order valence-corrected chi connectivity index (χ0v) is 22.5. The Kier molecular flexibility index (Phi) is 8.39. The highest BCUT2D eigenvalue weighted by Crippen LogP contribution is 2.34. The molecule has 0 amide bonds. The maximum Gasteiger partial charge on any atom is 0.344 e. The van der Waals surface area contributed by atoms with Crippen molar-refractivity contribution in [1.29, 1.82) is 0 Å². The van der Waals surface area contributed by atoms with Crippen LogP contribution in [0.15, 0.2) is 49.2 Å².